The molecule has 0 radical (unpaired) electrons. The number of amides is 1. The van der Waals surface area contributed by atoms with Crippen LogP contribution in [-0.4, -0.2) is 28.7 Å². The third-order valence-corrected chi connectivity index (χ3v) is 7.94. The first kappa shape index (κ1) is 28.4. The standard InChI is InChI=1S/C27H21Cl2F2N3O4S/c28-19-12-23(29)26(35)25(13-19)39(37,38)34(15-18-6-10-21(31)11-7-18)16-22-2-1-3-24(33-22)27(36)32-14-17-4-8-20(30)9-5-17/h1-13,35H,14-16H2,(H,32,36). The van der Waals surface area contributed by atoms with Gasteiger partial charge in [-0.2, -0.15) is 4.31 Å². The lowest BCUT2D eigenvalue weighted by Gasteiger charge is -2.23. The zero-order valence-electron chi connectivity index (χ0n) is 20.1. The Morgan fingerprint density at radius 1 is 0.897 bits per heavy atom. The number of aromatic nitrogens is 1. The Labute approximate surface area is 233 Å². The van der Waals surface area contributed by atoms with E-state index in [-0.39, 0.29) is 41.1 Å². The van der Waals surface area contributed by atoms with E-state index in [1.165, 1.54) is 66.7 Å². The quantitative estimate of drug-likeness (QED) is 0.260. The maximum atomic E-state index is 13.7. The number of rotatable bonds is 9. The molecule has 0 aliphatic rings. The summed E-state index contributed by atoms with van der Waals surface area (Å²) in [6.45, 7) is -0.387. The van der Waals surface area contributed by atoms with Crippen molar-refractivity contribution in [2.45, 2.75) is 24.5 Å². The maximum Gasteiger partial charge on any atom is 0.270 e. The number of hydrogen-bond acceptors (Lipinski definition) is 5. The van der Waals surface area contributed by atoms with Crippen LogP contribution in [0.1, 0.15) is 27.3 Å². The first-order valence-corrected chi connectivity index (χ1v) is 13.6. The zero-order valence-corrected chi connectivity index (χ0v) is 22.4. The van der Waals surface area contributed by atoms with E-state index in [1.807, 2.05) is 0 Å². The highest BCUT2D eigenvalue weighted by atomic mass is 35.5. The molecule has 202 valence electrons. The van der Waals surface area contributed by atoms with E-state index >= 15 is 0 Å². The SMILES string of the molecule is O=C(NCc1ccc(F)cc1)c1cccc(CN(Cc2ccc(F)cc2)S(=O)(=O)c2cc(Cl)cc(Cl)c2O)n1. The van der Waals surface area contributed by atoms with Crippen molar-refractivity contribution in [3.8, 4) is 5.75 Å². The molecule has 12 heteroatoms. The molecular formula is C27H21Cl2F2N3O4S. The summed E-state index contributed by atoms with van der Waals surface area (Å²) in [5.41, 5.74) is 1.39. The minimum Gasteiger partial charge on any atom is -0.505 e. The number of phenols is 1. The number of nitrogens with zero attached hydrogens (tertiary/aromatic N) is 2. The van der Waals surface area contributed by atoms with Crippen molar-refractivity contribution in [2.24, 2.45) is 0 Å². The number of benzene rings is 3. The van der Waals surface area contributed by atoms with Crippen LogP contribution in [0.3, 0.4) is 0 Å². The number of pyridine rings is 1. The fraction of sp³-hybridized carbons (Fsp3) is 0.111. The van der Waals surface area contributed by atoms with Crippen molar-refractivity contribution < 1.29 is 27.1 Å². The van der Waals surface area contributed by atoms with Gasteiger partial charge in [0.15, 0.2) is 5.75 Å². The number of sulfonamides is 1. The average molecular weight is 592 g/mol. The fourth-order valence-corrected chi connectivity index (χ4v) is 5.79. The Hall–Kier alpha value is -3.57. The molecule has 3 aromatic carbocycles. The molecule has 0 aliphatic carbocycles. The lowest BCUT2D eigenvalue weighted by molar-refractivity contribution is 0.0945. The van der Waals surface area contributed by atoms with Gasteiger partial charge >= 0.3 is 0 Å². The molecule has 1 heterocycles. The molecule has 0 aliphatic heterocycles. The minimum atomic E-state index is -4.42. The predicted octanol–water partition coefficient (Wildman–Crippen LogP) is 5.69. The lowest BCUT2D eigenvalue weighted by atomic mass is 10.2. The Kier molecular flexibility index (Phi) is 8.81. The van der Waals surface area contributed by atoms with Crippen molar-refractivity contribution in [2.75, 3.05) is 0 Å². The van der Waals surface area contributed by atoms with E-state index in [4.69, 9.17) is 23.2 Å². The van der Waals surface area contributed by atoms with Gasteiger partial charge in [0.1, 0.15) is 22.2 Å². The third-order valence-electron chi connectivity index (χ3n) is 5.63. The molecule has 1 amide bonds. The van der Waals surface area contributed by atoms with Gasteiger partial charge in [-0.3, -0.25) is 4.79 Å². The smallest absolute Gasteiger partial charge is 0.270 e. The highest BCUT2D eigenvalue weighted by Crippen LogP contribution is 2.36. The number of hydrogen-bond donors (Lipinski definition) is 2. The molecule has 4 aromatic rings. The van der Waals surface area contributed by atoms with Crippen molar-refractivity contribution in [3.63, 3.8) is 0 Å². The Morgan fingerprint density at radius 3 is 2.15 bits per heavy atom. The number of aromatic hydroxyl groups is 1. The van der Waals surface area contributed by atoms with Gasteiger partial charge in [0, 0.05) is 18.1 Å². The Balaban J connectivity index is 1.62. The van der Waals surface area contributed by atoms with Crippen molar-refractivity contribution in [1.82, 2.24) is 14.6 Å². The van der Waals surface area contributed by atoms with Gasteiger partial charge in [-0.1, -0.05) is 53.5 Å². The van der Waals surface area contributed by atoms with Crippen LogP contribution in [0, 0.1) is 11.6 Å². The van der Waals surface area contributed by atoms with Crippen LogP contribution >= 0.6 is 23.2 Å². The van der Waals surface area contributed by atoms with Crippen LogP contribution in [0.2, 0.25) is 10.0 Å². The largest absolute Gasteiger partial charge is 0.505 e. The number of carbonyl (C=O) groups excluding carboxylic acids is 1. The highest BCUT2D eigenvalue weighted by Gasteiger charge is 2.30. The Bertz CT molecular complexity index is 1600. The van der Waals surface area contributed by atoms with Crippen molar-refractivity contribution in [1.29, 1.82) is 0 Å². The van der Waals surface area contributed by atoms with Crippen LogP contribution in [0.25, 0.3) is 0 Å². The Morgan fingerprint density at radius 2 is 1.51 bits per heavy atom. The highest BCUT2D eigenvalue weighted by molar-refractivity contribution is 7.89. The van der Waals surface area contributed by atoms with Crippen LogP contribution in [0.15, 0.2) is 83.8 Å². The number of halogens is 4. The monoisotopic (exact) mass is 591 g/mol. The molecule has 0 atom stereocenters. The molecule has 39 heavy (non-hydrogen) atoms. The van der Waals surface area contributed by atoms with Gasteiger partial charge in [-0.15, -0.1) is 0 Å². The van der Waals surface area contributed by atoms with E-state index in [0.29, 0.717) is 11.1 Å². The lowest BCUT2D eigenvalue weighted by Crippen LogP contribution is -2.31. The summed E-state index contributed by atoms with van der Waals surface area (Å²) in [5, 5.41) is 12.9. The summed E-state index contributed by atoms with van der Waals surface area (Å²) in [4.78, 5) is 16.5. The van der Waals surface area contributed by atoms with Gasteiger partial charge < -0.3 is 10.4 Å². The zero-order chi connectivity index (χ0) is 28.2. The molecule has 0 spiro atoms. The molecule has 4 rings (SSSR count). The topological polar surface area (TPSA) is 99.6 Å². The van der Waals surface area contributed by atoms with Crippen LogP contribution in [0.5, 0.6) is 5.75 Å². The third kappa shape index (κ3) is 7.10. The fourth-order valence-electron chi connectivity index (χ4n) is 3.65. The number of carbonyl (C=O) groups is 1. The molecule has 7 nitrogen and oxygen atoms in total. The molecule has 0 bridgehead atoms. The van der Waals surface area contributed by atoms with Gasteiger partial charge in [-0.05, 0) is 59.7 Å². The molecular weight excluding hydrogens is 571 g/mol. The normalized spacial score (nSPS) is 11.5. The molecule has 2 N–H and O–H groups in total. The van der Waals surface area contributed by atoms with Gasteiger partial charge in [0.25, 0.3) is 5.91 Å². The molecule has 0 saturated heterocycles. The molecule has 0 saturated carbocycles. The summed E-state index contributed by atoms with van der Waals surface area (Å²) < 4.78 is 54.9. The van der Waals surface area contributed by atoms with Gasteiger partial charge in [0.2, 0.25) is 10.0 Å². The van der Waals surface area contributed by atoms with E-state index in [2.05, 4.69) is 10.3 Å². The first-order chi connectivity index (χ1) is 18.5. The van der Waals surface area contributed by atoms with E-state index in [0.717, 1.165) is 10.4 Å². The molecule has 1 aromatic heterocycles. The average Bonchev–Trinajstić information content (AvgIpc) is 2.91. The van der Waals surface area contributed by atoms with Crippen LogP contribution in [0.4, 0.5) is 8.78 Å². The summed E-state index contributed by atoms with van der Waals surface area (Å²) in [7, 11) is -4.42. The maximum absolute atomic E-state index is 13.7. The second-order valence-corrected chi connectivity index (χ2v) is 11.2. The summed E-state index contributed by atoms with van der Waals surface area (Å²) in [6.07, 6.45) is 0. The van der Waals surface area contributed by atoms with Crippen LogP contribution < -0.4 is 5.32 Å². The minimum absolute atomic E-state index is 0.00365. The second-order valence-electron chi connectivity index (χ2n) is 8.46. The number of phenolic OH excluding ortho intramolecular Hbond substituents is 1. The second kappa shape index (κ2) is 12.1. The van der Waals surface area contributed by atoms with Crippen molar-refractivity contribution >= 4 is 39.1 Å². The van der Waals surface area contributed by atoms with E-state index in [9.17, 15) is 27.1 Å². The molecule has 0 unspecified atom stereocenters. The van der Waals surface area contributed by atoms with E-state index < -0.39 is 38.2 Å². The number of nitrogens with one attached hydrogen (secondary N) is 1. The molecule has 0 fully saturated rings. The first-order valence-electron chi connectivity index (χ1n) is 11.4. The van der Waals surface area contributed by atoms with Crippen molar-refractivity contribution in [3.05, 3.63) is 123 Å². The predicted molar refractivity (Wildman–Crippen MR) is 143 cm³/mol. The summed E-state index contributed by atoms with van der Waals surface area (Å²) in [6, 6.07) is 17.7. The van der Waals surface area contributed by atoms with Crippen LogP contribution in [-0.2, 0) is 29.7 Å². The summed E-state index contributed by atoms with van der Waals surface area (Å²) in [5.74, 6) is -2.08. The van der Waals surface area contributed by atoms with E-state index in [1.54, 1.807) is 6.07 Å². The van der Waals surface area contributed by atoms with Gasteiger partial charge in [0.05, 0.1) is 17.3 Å². The summed E-state index contributed by atoms with van der Waals surface area (Å²) >= 11 is 12.0. The van der Waals surface area contributed by atoms with Gasteiger partial charge in [-0.25, -0.2) is 22.2 Å².